The van der Waals surface area contributed by atoms with E-state index >= 15 is 0 Å². The second-order valence-corrected chi connectivity index (χ2v) is 9.18. The minimum absolute atomic E-state index is 0.222. The Morgan fingerprint density at radius 3 is 2.25 bits per heavy atom. The predicted molar refractivity (Wildman–Crippen MR) is 121 cm³/mol. The number of aromatic nitrogens is 1. The molecule has 1 amide bonds. The first-order valence-electron chi connectivity index (χ1n) is 9.68. The zero-order valence-electron chi connectivity index (χ0n) is 16.6. The zero-order chi connectivity index (χ0) is 22.6. The Kier molecular flexibility index (Phi) is 6.40. The van der Waals surface area contributed by atoms with Crippen LogP contribution in [0.4, 0.5) is 18.9 Å². The monoisotopic (exact) mass is 498 g/mol. The van der Waals surface area contributed by atoms with Gasteiger partial charge >= 0.3 is 189 Å². The van der Waals surface area contributed by atoms with Crippen LogP contribution in [0.25, 0.3) is 11.1 Å². The number of nitrogens with one attached hydrogen (secondary N) is 1. The number of alkyl halides is 3. The van der Waals surface area contributed by atoms with Gasteiger partial charge in [0.15, 0.2) is 0 Å². The summed E-state index contributed by atoms with van der Waals surface area (Å²) in [5, 5.41) is 2.80. The molecule has 0 spiro atoms. The van der Waals surface area contributed by atoms with Crippen molar-refractivity contribution in [3.8, 4) is 11.1 Å². The summed E-state index contributed by atoms with van der Waals surface area (Å²) in [6.07, 6.45) is -2.96. The number of benzene rings is 3. The van der Waals surface area contributed by atoms with E-state index < -0.39 is 17.6 Å². The fraction of sp³-hybridized carbons (Fsp3) is 0.0400. The van der Waals surface area contributed by atoms with Crippen molar-refractivity contribution in [2.24, 2.45) is 0 Å². The van der Waals surface area contributed by atoms with E-state index in [-0.39, 0.29) is 20.7 Å². The van der Waals surface area contributed by atoms with Crippen molar-refractivity contribution in [1.29, 1.82) is 0 Å². The van der Waals surface area contributed by atoms with E-state index in [4.69, 9.17) is 0 Å². The number of amides is 1. The summed E-state index contributed by atoms with van der Waals surface area (Å²) in [7, 11) is 0. The van der Waals surface area contributed by atoms with Crippen molar-refractivity contribution in [2.75, 3.05) is 5.32 Å². The van der Waals surface area contributed by atoms with Gasteiger partial charge in [0.2, 0.25) is 0 Å². The summed E-state index contributed by atoms with van der Waals surface area (Å²) >= 11 is -0.223. The van der Waals surface area contributed by atoms with Gasteiger partial charge in [-0.15, -0.1) is 0 Å². The molecule has 0 fully saturated rings. The maximum atomic E-state index is 13.5. The Morgan fingerprint density at radius 1 is 0.812 bits per heavy atom. The van der Waals surface area contributed by atoms with Crippen LogP contribution in [0, 0.1) is 0 Å². The number of hydrogen-bond acceptors (Lipinski definition) is 2. The molecule has 0 aliphatic heterocycles. The van der Waals surface area contributed by atoms with E-state index in [1.165, 1.54) is 12.3 Å². The van der Waals surface area contributed by atoms with E-state index in [1.807, 2.05) is 30.3 Å². The number of carbonyl (C=O) groups is 1. The van der Waals surface area contributed by atoms with E-state index in [0.717, 1.165) is 21.1 Å². The molecule has 32 heavy (non-hydrogen) atoms. The van der Waals surface area contributed by atoms with Gasteiger partial charge in [-0.2, -0.15) is 0 Å². The van der Waals surface area contributed by atoms with Gasteiger partial charge in [-0.05, 0) is 0 Å². The molecular formula is C25H17F3N2OSe. The topological polar surface area (TPSA) is 42.0 Å². The molecule has 0 saturated heterocycles. The van der Waals surface area contributed by atoms with E-state index in [9.17, 15) is 18.0 Å². The molecule has 0 radical (unpaired) electrons. The van der Waals surface area contributed by atoms with Gasteiger partial charge in [-0.1, -0.05) is 0 Å². The van der Waals surface area contributed by atoms with Gasteiger partial charge in [0.1, 0.15) is 0 Å². The Balaban J connectivity index is 1.78. The molecule has 4 aromatic rings. The molecule has 0 aliphatic carbocycles. The van der Waals surface area contributed by atoms with Crippen molar-refractivity contribution >= 4 is 35.5 Å². The van der Waals surface area contributed by atoms with Gasteiger partial charge in [0, 0.05) is 0 Å². The number of para-hydroxylation sites is 1. The second kappa shape index (κ2) is 9.38. The van der Waals surface area contributed by atoms with Crippen molar-refractivity contribution < 1.29 is 18.0 Å². The summed E-state index contributed by atoms with van der Waals surface area (Å²) in [5.74, 6) is -0.430. The first kappa shape index (κ1) is 21.8. The van der Waals surface area contributed by atoms with Crippen molar-refractivity contribution in [2.45, 2.75) is 6.18 Å². The minimum atomic E-state index is -4.47. The molecule has 1 aromatic heterocycles. The van der Waals surface area contributed by atoms with Crippen LogP contribution < -0.4 is 14.2 Å². The fourth-order valence-electron chi connectivity index (χ4n) is 3.13. The molecule has 1 heterocycles. The third-order valence-electron chi connectivity index (χ3n) is 4.64. The molecule has 0 atom stereocenters. The molecule has 3 aromatic carbocycles. The fourth-order valence-corrected chi connectivity index (χ4v) is 5.15. The Hall–Kier alpha value is -3.41. The first-order chi connectivity index (χ1) is 15.4. The summed E-state index contributed by atoms with van der Waals surface area (Å²) in [6, 6.07) is 25.2. The van der Waals surface area contributed by atoms with Gasteiger partial charge in [-0.25, -0.2) is 0 Å². The van der Waals surface area contributed by atoms with E-state index in [2.05, 4.69) is 10.3 Å². The molecule has 0 saturated carbocycles. The summed E-state index contributed by atoms with van der Waals surface area (Å²) in [4.78, 5) is 16.7. The van der Waals surface area contributed by atoms with Crippen molar-refractivity contribution in [1.82, 2.24) is 4.98 Å². The molecule has 3 nitrogen and oxygen atoms in total. The van der Waals surface area contributed by atoms with Crippen LogP contribution in [0.1, 0.15) is 16.1 Å². The third kappa shape index (κ3) is 5.07. The van der Waals surface area contributed by atoms with Crippen LogP contribution in [0.15, 0.2) is 97.2 Å². The summed E-state index contributed by atoms with van der Waals surface area (Å²) in [5.41, 5.74) is 0.884. The third-order valence-corrected chi connectivity index (χ3v) is 6.91. The molecule has 1 N–H and O–H groups in total. The van der Waals surface area contributed by atoms with Gasteiger partial charge < -0.3 is 0 Å². The van der Waals surface area contributed by atoms with E-state index in [1.54, 1.807) is 42.5 Å². The predicted octanol–water partition coefficient (Wildman–Crippen LogP) is 4.67. The number of pyridine rings is 1. The molecule has 0 aliphatic rings. The summed E-state index contributed by atoms with van der Waals surface area (Å²) < 4.78 is 42.3. The SMILES string of the molecule is O=C(Nc1ccccc1-c1cc(C(F)(F)F)ccc1[Se]c1ccccc1)c1ccccn1. The number of carbonyl (C=O) groups excluding carboxylic acids is 1. The molecule has 160 valence electrons. The van der Waals surface area contributed by atoms with Gasteiger partial charge in [-0.3, -0.25) is 0 Å². The average Bonchev–Trinajstić information content (AvgIpc) is 2.80. The van der Waals surface area contributed by atoms with Crippen LogP contribution in [0.2, 0.25) is 0 Å². The number of hydrogen-bond donors (Lipinski definition) is 1. The Labute approximate surface area is 189 Å². The molecule has 4 rings (SSSR count). The standard InChI is InChI=1S/C25H17F3N2OSe/c26-25(27,28)17-13-14-23(32-18-8-2-1-3-9-18)20(16-17)19-10-4-5-11-21(19)30-24(31)22-12-6-7-15-29-22/h1-16H,(H,30,31). The maximum absolute atomic E-state index is 13.5. The van der Waals surface area contributed by atoms with Crippen LogP contribution in [0.5, 0.6) is 0 Å². The number of anilines is 1. The van der Waals surface area contributed by atoms with Crippen LogP contribution in [-0.2, 0) is 6.18 Å². The number of nitrogens with zero attached hydrogens (tertiary/aromatic N) is 1. The first-order valence-corrected chi connectivity index (χ1v) is 11.4. The van der Waals surface area contributed by atoms with Crippen molar-refractivity contribution in [3.05, 3.63) is 108 Å². The molecule has 0 bridgehead atoms. The van der Waals surface area contributed by atoms with Crippen LogP contribution >= 0.6 is 0 Å². The number of halogens is 3. The molecule has 0 unspecified atom stereocenters. The summed E-state index contributed by atoms with van der Waals surface area (Å²) in [6.45, 7) is 0. The van der Waals surface area contributed by atoms with E-state index in [0.29, 0.717) is 16.8 Å². The zero-order valence-corrected chi connectivity index (χ0v) is 18.3. The normalized spacial score (nSPS) is 11.2. The van der Waals surface area contributed by atoms with Gasteiger partial charge in [0.25, 0.3) is 0 Å². The quantitative estimate of drug-likeness (QED) is 0.407. The Morgan fingerprint density at radius 2 is 1.53 bits per heavy atom. The van der Waals surface area contributed by atoms with Gasteiger partial charge in [0.05, 0.1) is 0 Å². The average molecular weight is 497 g/mol. The number of rotatable bonds is 5. The second-order valence-electron chi connectivity index (χ2n) is 6.84. The Bertz CT molecular complexity index is 1230. The molecule has 7 heteroatoms. The van der Waals surface area contributed by atoms with Crippen LogP contribution in [0.3, 0.4) is 0 Å². The molecular weight excluding hydrogens is 480 g/mol. The van der Waals surface area contributed by atoms with Crippen molar-refractivity contribution in [3.63, 3.8) is 0 Å². The van der Waals surface area contributed by atoms with Crippen LogP contribution in [-0.4, -0.2) is 25.8 Å².